The molecule has 0 saturated carbocycles. The molecule has 3 N–H and O–H groups in total. The monoisotopic (exact) mass is 299 g/mol. The lowest BCUT2D eigenvalue weighted by molar-refractivity contribution is 0.476. The number of halogens is 1. The molecular weight excluding hydrogens is 281 g/mol. The molecule has 5 heteroatoms. The van der Waals surface area contributed by atoms with E-state index in [4.69, 9.17) is 0 Å². The third kappa shape index (κ3) is 2.80. The summed E-state index contributed by atoms with van der Waals surface area (Å²) in [5.41, 5.74) is 2.64. The van der Waals surface area contributed by atoms with Gasteiger partial charge in [0.05, 0.1) is 6.20 Å². The number of aromatic amines is 1. The number of phenolic OH excluding ortho intramolecular Hbond substituents is 1. The number of aromatic nitrogens is 2. The Bertz CT molecular complexity index is 784. The summed E-state index contributed by atoms with van der Waals surface area (Å²) in [6, 6.07) is 6.85. The van der Waals surface area contributed by atoms with Gasteiger partial charge < -0.3 is 15.4 Å². The first-order valence-electron chi connectivity index (χ1n) is 7.30. The minimum absolute atomic E-state index is 0.0785. The van der Waals surface area contributed by atoms with Crippen molar-refractivity contribution in [3.8, 4) is 5.75 Å². The molecule has 2 aromatic heterocycles. The van der Waals surface area contributed by atoms with E-state index in [-0.39, 0.29) is 17.6 Å². The van der Waals surface area contributed by atoms with E-state index >= 15 is 0 Å². The predicted octanol–water partition coefficient (Wildman–Crippen LogP) is 3.65. The molecule has 0 aliphatic rings. The van der Waals surface area contributed by atoms with Crippen LogP contribution in [-0.4, -0.2) is 15.1 Å². The summed E-state index contributed by atoms with van der Waals surface area (Å²) < 4.78 is 13.9. The SMILES string of the molecule is CCC(NCc1c[nH]c2ccc(O)cc12)c1ccncc1F. The zero-order valence-corrected chi connectivity index (χ0v) is 12.3. The molecule has 1 unspecified atom stereocenters. The molecule has 0 aliphatic carbocycles. The predicted molar refractivity (Wildman–Crippen MR) is 84.0 cm³/mol. The fourth-order valence-corrected chi connectivity index (χ4v) is 2.69. The van der Waals surface area contributed by atoms with Gasteiger partial charge in [-0.05, 0) is 36.2 Å². The van der Waals surface area contributed by atoms with Crippen molar-refractivity contribution in [2.24, 2.45) is 0 Å². The van der Waals surface area contributed by atoms with Crippen molar-refractivity contribution < 1.29 is 9.50 Å². The van der Waals surface area contributed by atoms with Gasteiger partial charge >= 0.3 is 0 Å². The molecule has 1 atom stereocenters. The number of nitrogens with one attached hydrogen (secondary N) is 2. The smallest absolute Gasteiger partial charge is 0.146 e. The maximum Gasteiger partial charge on any atom is 0.146 e. The number of rotatable bonds is 5. The van der Waals surface area contributed by atoms with Crippen LogP contribution in [-0.2, 0) is 6.54 Å². The Kier molecular flexibility index (Phi) is 4.06. The lowest BCUT2D eigenvalue weighted by Gasteiger charge is -2.17. The summed E-state index contributed by atoms with van der Waals surface area (Å²) in [7, 11) is 0. The van der Waals surface area contributed by atoms with E-state index in [9.17, 15) is 9.50 Å². The van der Waals surface area contributed by atoms with Crippen LogP contribution in [0.1, 0.15) is 30.5 Å². The standard InChI is InChI=1S/C17H18FN3O/c1-2-16(13-5-6-19-10-15(13)18)20-8-11-9-21-17-4-3-12(22)7-14(11)17/h3-7,9-10,16,20-22H,2,8H2,1H3. The second-order valence-electron chi connectivity index (χ2n) is 5.28. The van der Waals surface area contributed by atoms with E-state index in [1.807, 2.05) is 19.2 Å². The van der Waals surface area contributed by atoms with Gasteiger partial charge in [0, 0.05) is 41.4 Å². The Labute approximate surface area is 128 Å². The van der Waals surface area contributed by atoms with E-state index < -0.39 is 0 Å². The molecule has 0 saturated heterocycles. The average Bonchev–Trinajstić information content (AvgIpc) is 2.92. The Morgan fingerprint density at radius 3 is 3.00 bits per heavy atom. The Balaban J connectivity index is 1.80. The van der Waals surface area contributed by atoms with Gasteiger partial charge in [-0.2, -0.15) is 0 Å². The van der Waals surface area contributed by atoms with Gasteiger partial charge in [0.15, 0.2) is 0 Å². The molecule has 0 bridgehead atoms. The van der Waals surface area contributed by atoms with Crippen molar-refractivity contribution in [3.63, 3.8) is 0 Å². The number of aromatic hydroxyl groups is 1. The van der Waals surface area contributed by atoms with Gasteiger partial charge in [0.1, 0.15) is 11.6 Å². The van der Waals surface area contributed by atoms with Crippen LogP contribution >= 0.6 is 0 Å². The Hall–Kier alpha value is -2.40. The van der Waals surface area contributed by atoms with Crippen LogP contribution < -0.4 is 5.32 Å². The quantitative estimate of drug-likeness (QED) is 0.674. The van der Waals surface area contributed by atoms with Crippen LogP contribution in [0.15, 0.2) is 42.9 Å². The van der Waals surface area contributed by atoms with Gasteiger partial charge in [0.25, 0.3) is 0 Å². The molecule has 0 spiro atoms. The number of hydrogen-bond donors (Lipinski definition) is 3. The summed E-state index contributed by atoms with van der Waals surface area (Å²) in [4.78, 5) is 6.96. The second-order valence-corrected chi connectivity index (χ2v) is 5.28. The van der Waals surface area contributed by atoms with Crippen molar-refractivity contribution in [2.45, 2.75) is 25.9 Å². The van der Waals surface area contributed by atoms with Crippen molar-refractivity contribution in [2.75, 3.05) is 0 Å². The average molecular weight is 299 g/mol. The highest BCUT2D eigenvalue weighted by Gasteiger charge is 2.14. The van der Waals surface area contributed by atoms with Crippen LogP contribution in [0.5, 0.6) is 5.75 Å². The largest absolute Gasteiger partial charge is 0.508 e. The first-order valence-corrected chi connectivity index (χ1v) is 7.30. The lowest BCUT2D eigenvalue weighted by atomic mass is 10.0. The Morgan fingerprint density at radius 1 is 1.36 bits per heavy atom. The molecule has 0 fully saturated rings. The first-order chi connectivity index (χ1) is 10.7. The van der Waals surface area contributed by atoms with Gasteiger partial charge in [-0.25, -0.2) is 4.39 Å². The van der Waals surface area contributed by atoms with E-state index in [2.05, 4.69) is 15.3 Å². The van der Waals surface area contributed by atoms with E-state index in [1.165, 1.54) is 6.20 Å². The normalized spacial score (nSPS) is 12.6. The van der Waals surface area contributed by atoms with Gasteiger partial charge in [-0.3, -0.25) is 4.98 Å². The molecular formula is C17H18FN3O. The van der Waals surface area contributed by atoms with Crippen molar-refractivity contribution in [1.29, 1.82) is 0 Å². The van der Waals surface area contributed by atoms with Crippen molar-refractivity contribution in [3.05, 3.63) is 59.8 Å². The number of phenols is 1. The zero-order valence-electron chi connectivity index (χ0n) is 12.3. The molecule has 4 nitrogen and oxygen atoms in total. The van der Waals surface area contributed by atoms with E-state index in [1.54, 1.807) is 24.4 Å². The zero-order chi connectivity index (χ0) is 15.5. The third-order valence-electron chi connectivity index (χ3n) is 3.88. The van der Waals surface area contributed by atoms with Crippen LogP contribution in [0, 0.1) is 5.82 Å². The number of H-pyrrole nitrogens is 1. The number of nitrogens with zero attached hydrogens (tertiary/aromatic N) is 1. The summed E-state index contributed by atoms with van der Waals surface area (Å²) >= 11 is 0. The molecule has 3 rings (SSSR count). The molecule has 0 aliphatic heterocycles. The number of benzene rings is 1. The minimum Gasteiger partial charge on any atom is -0.508 e. The second kappa shape index (κ2) is 6.15. The minimum atomic E-state index is -0.293. The Morgan fingerprint density at radius 2 is 2.23 bits per heavy atom. The third-order valence-corrected chi connectivity index (χ3v) is 3.88. The maximum absolute atomic E-state index is 13.9. The van der Waals surface area contributed by atoms with Crippen LogP contribution in [0.3, 0.4) is 0 Å². The molecule has 3 aromatic rings. The van der Waals surface area contributed by atoms with Crippen LogP contribution in [0.25, 0.3) is 10.9 Å². The number of fused-ring (bicyclic) bond motifs is 1. The molecule has 114 valence electrons. The van der Waals surface area contributed by atoms with Gasteiger partial charge in [0.2, 0.25) is 0 Å². The van der Waals surface area contributed by atoms with Crippen LogP contribution in [0.4, 0.5) is 4.39 Å². The summed E-state index contributed by atoms with van der Waals surface area (Å²) in [6.07, 6.45) is 5.52. The molecule has 2 heterocycles. The first kappa shape index (κ1) is 14.5. The maximum atomic E-state index is 13.9. The summed E-state index contributed by atoms with van der Waals surface area (Å²) in [6.45, 7) is 2.60. The van der Waals surface area contributed by atoms with Gasteiger partial charge in [-0.1, -0.05) is 6.92 Å². The van der Waals surface area contributed by atoms with Gasteiger partial charge in [-0.15, -0.1) is 0 Å². The molecule has 0 amide bonds. The van der Waals surface area contributed by atoms with E-state index in [0.717, 1.165) is 22.9 Å². The molecule has 22 heavy (non-hydrogen) atoms. The fourth-order valence-electron chi connectivity index (χ4n) is 2.69. The van der Waals surface area contributed by atoms with Crippen LogP contribution in [0.2, 0.25) is 0 Å². The summed E-state index contributed by atoms with van der Waals surface area (Å²) in [5, 5.41) is 14.0. The number of hydrogen-bond acceptors (Lipinski definition) is 3. The molecule has 1 aromatic carbocycles. The number of pyridine rings is 1. The lowest BCUT2D eigenvalue weighted by Crippen LogP contribution is -2.21. The highest BCUT2D eigenvalue weighted by atomic mass is 19.1. The highest BCUT2D eigenvalue weighted by Crippen LogP contribution is 2.24. The topological polar surface area (TPSA) is 60.9 Å². The fraction of sp³-hybridized carbons (Fsp3) is 0.235. The van der Waals surface area contributed by atoms with Crippen molar-refractivity contribution >= 4 is 10.9 Å². The van der Waals surface area contributed by atoms with Crippen molar-refractivity contribution in [1.82, 2.24) is 15.3 Å². The summed E-state index contributed by atoms with van der Waals surface area (Å²) in [5.74, 6) is -0.0565. The molecule has 0 radical (unpaired) electrons. The highest BCUT2D eigenvalue weighted by molar-refractivity contribution is 5.84. The van der Waals surface area contributed by atoms with E-state index in [0.29, 0.717) is 12.1 Å².